The molecule has 0 aliphatic carbocycles. The second kappa shape index (κ2) is 8.37. The predicted molar refractivity (Wildman–Crippen MR) is 105 cm³/mol. The molecule has 0 amide bonds. The Balaban J connectivity index is 2.78. The fourth-order valence-electron chi connectivity index (χ4n) is 5.23. The van der Waals surface area contributed by atoms with Gasteiger partial charge in [-0.15, -0.1) is 0 Å². The van der Waals surface area contributed by atoms with Crippen LogP contribution in [0, 0.1) is 22.7 Å². The lowest BCUT2D eigenvalue weighted by Crippen LogP contribution is -2.37. The number of likely N-dealkylation sites (tertiary alicyclic amines) is 1. The van der Waals surface area contributed by atoms with Gasteiger partial charge in [-0.1, -0.05) is 67.2 Å². The van der Waals surface area contributed by atoms with E-state index in [0.29, 0.717) is 10.8 Å². The van der Waals surface area contributed by atoms with E-state index < -0.39 is 0 Å². The van der Waals surface area contributed by atoms with Crippen molar-refractivity contribution >= 4 is 0 Å². The highest BCUT2D eigenvalue weighted by atomic mass is 15.3. The van der Waals surface area contributed by atoms with Gasteiger partial charge in [0.05, 0.1) is 27.2 Å². The van der Waals surface area contributed by atoms with E-state index in [4.69, 9.17) is 0 Å². The molecule has 1 rings (SSSR count). The highest BCUT2D eigenvalue weighted by Crippen LogP contribution is 2.45. The standard InChI is InChI=1S/C22H46N/c1-9-12-14-21(4,5)15-19-17-23(7,8)18-20(19)16-22(6,11-3)13-10-2/h19-20H,9-18H2,1-8H3/q+1. The van der Waals surface area contributed by atoms with E-state index in [1.54, 1.807) is 0 Å². The highest BCUT2D eigenvalue weighted by Gasteiger charge is 2.44. The van der Waals surface area contributed by atoms with Crippen LogP contribution in [-0.4, -0.2) is 31.7 Å². The van der Waals surface area contributed by atoms with Crippen molar-refractivity contribution in [3.05, 3.63) is 0 Å². The summed E-state index contributed by atoms with van der Waals surface area (Å²) in [6, 6.07) is 0. The van der Waals surface area contributed by atoms with E-state index in [9.17, 15) is 0 Å². The van der Waals surface area contributed by atoms with Crippen molar-refractivity contribution < 1.29 is 4.48 Å². The average molecular weight is 325 g/mol. The monoisotopic (exact) mass is 324 g/mol. The topological polar surface area (TPSA) is 0 Å². The van der Waals surface area contributed by atoms with Gasteiger partial charge in [-0.05, 0) is 36.5 Å². The number of nitrogens with zero attached hydrogens (tertiary/aromatic N) is 1. The Hall–Kier alpha value is -0.0400. The zero-order valence-corrected chi connectivity index (χ0v) is 17.7. The molecule has 23 heavy (non-hydrogen) atoms. The fraction of sp³-hybridized carbons (Fsp3) is 1.00. The predicted octanol–water partition coefficient (Wildman–Crippen LogP) is 6.52. The summed E-state index contributed by atoms with van der Waals surface area (Å²) < 4.78 is 1.24. The van der Waals surface area contributed by atoms with Gasteiger partial charge in [0.15, 0.2) is 0 Å². The van der Waals surface area contributed by atoms with Gasteiger partial charge in [0.1, 0.15) is 0 Å². The number of hydrogen-bond acceptors (Lipinski definition) is 0. The lowest BCUT2D eigenvalue weighted by Gasteiger charge is -2.34. The molecule has 3 unspecified atom stereocenters. The van der Waals surface area contributed by atoms with Crippen molar-refractivity contribution in [2.45, 2.75) is 92.9 Å². The summed E-state index contributed by atoms with van der Waals surface area (Å²) in [5.41, 5.74) is 1.09. The molecule has 0 spiro atoms. The number of quaternary nitrogens is 1. The van der Waals surface area contributed by atoms with Crippen LogP contribution in [0.2, 0.25) is 0 Å². The maximum atomic E-state index is 2.55. The molecule has 0 radical (unpaired) electrons. The van der Waals surface area contributed by atoms with E-state index >= 15 is 0 Å². The Labute approximate surface area is 147 Å². The molecule has 1 heteroatoms. The number of rotatable bonds is 10. The fourth-order valence-corrected chi connectivity index (χ4v) is 5.23. The van der Waals surface area contributed by atoms with Gasteiger partial charge in [-0.2, -0.15) is 0 Å². The molecule has 0 N–H and O–H groups in total. The minimum atomic E-state index is 0.524. The van der Waals surface area contributed by atoms with Crippen LogP contribution in [0.5, 0.6) is 0 Å². The normalized spacial score (nSPS) is 27.1. The second-order valence-corrected chi connectivity index (χ2v) is 10.4. The molecule has 1 heterocycles. The first-order valence-corrected chi connectivity index (χ1v) is 10.4. The van der Waals surface area contributed by atoms with E-state index in [1.807, 2.05) is 0 Å². The highest BCUT2D eigenvalue weighted by molar-refractivity contribution is 4.86. The van der Waals surface area contributed by atoms with E-state index in [0.717, 1.165) is 11.8 Å². The molecule has 0 aromatic rings. The van der Waals surface area contributed by atoms with E-state index in [1.165, 1.54) is 68.9 Å². The molecule has 1 fully saturated rings. The summed E-state index contributed by atoms with van der Waals surface area (Å²) in [5.74, 6) is 1.86. The summed E-state index contributed by atoms with van der Waals surface area (Å²) in [4.78, 5) is 0. The van der Waals surface area contributed by atoms with Crippen molar-refractivity contribution in [2.24, 2.45) is 22.7 Å². The Morgan fingerprint density at radius 3 is 1.87 bits per heavy atom. The largest absolute Gasteiger partial charge is 0.328 e. The minimum absolute atomic E-state index is 0.524. The Morgan fingerprint density at radius 2 is 1.39 bits per heavy atom. The zero-order valence-electron chi connectivity index (χ0n) is 17.7. The van der Waals surface area contributed by atoms with Crippen molar-refractivity contribution in [3.8, 4) is 0 Å². The van der Waals surface area contributed by atoms with Crippen LogP contribution in [-0.2, 0) is 0 Å². The summed E-state index contributed by atoms with van der Waals surface area (Å²) >= 11 is 0. The molecule has 0 saturated carbocycles. The van der Waals surface area contributed by atoms with Crippen molar-refractivity contribution in [2.75, 3.05) is 27.2 Å². The van der Waals surface area contributed by atoms with Gasteiger partial charge in [0.2, 0.25) is 0 Å². The van der Waals surface area contributed by atoms with Crippen molar-refractivity contribution in [1.29, 1.82) is 0 Å². The number of hydrogen-bond donors (Lipinski definition) is 0. The van der Waals surface area contributed by atoms with Crippen LogP contribution in [0.3, 0.4) is 0 Å². The Kier molecular flexibility index (Phi) is 7.64. The molecule has 138 valence electrons. The summed E-state index contributed by atoms with van der Waals surface area (Å²) in [6.45, 7) is 17.5. The van der Waals surface area contributed by atoms with Crippen LogP contribution < -0.4 is 0 Å². The van der Waals surface area contributed by atoms with Gasteiger partial charge >= 0.3 is 0 Å². The molecule has 3 atom stereocenters. The zero-order chi connectivity index (χ0) is 17.7. The molecule has 1 nitrogen and oxygen atoms in total. The lowest BCUT2D eigenvalue weighted by molar-refractivity contribution is -0.880. The summed E-state index contributed by atoms with van der Waals surface area (Å²) in [6.07, 6.45) is 11.1. The van der Waals surface area contributed by atoms with Gasteiger partial charge in [-0.3, -0.25) is 0 Å². The molecule has 1 aliphatic rings. The molecule has 1 aliphatic heterocycles. The molecule has 0 bridgehead atoms. The van der Waals surface area contributed by atoms with Crippen LogP contribution in [0.1, 0.15) is 92.9 Å². The van der Waals surface area contributed by atoms with E-state index in [-0.39, 0.29) is 0 Å². The molecule has 1 saturated heterocycles. The van der Waals surface area contributed by atoms with Crippen LogP contribution in [0.25, 0.3) is 0 Å². The summed E-state index contributed by atoms with van der Waals surface area (Å²) in [5, 5.41) is 0. The third-order valence-electron chi connectivity index (χ3n) is 6.61. The molecule has 0 aromatic carbocycles. The molecular weight excluding hydrogens is 278 g/mol. The van der Waals surface area contributed by atoms with Crippen molar-refractivity contribution in [1.82, 2.24) is 0 Å². The lowest BCUT2D eigenvalue weighted by atomic mass is 9.69. The first kappa shape index (κ1) is 21.0. The maximum absolute atomic E-state index is 2.55. The van der Waals surface area contributed by atoms with E-state index in [2.05, 4.69) is 55.6 Å². The summed E-state index contributed by atoms with van der Waals surface area (Å²) in [7, 11) is 4.91. The maximum Gasteiger partial charge on any atom is 0.0816 e. The molecule has 0 aromatic heterocycles. The first-order valence-electron chi connectivity index (χ1n) is 10.4. The Morgan fingerprint density at radius 1 is 0.826 bits per heavy atom. The number of unbranched alkanes of at least 4 members (excludes halogenated alkanes) is 1. The first-order chi connectivity index (χ1) is 10.6. The SMILES string of the molecule is CCCCC(C)(C)CC1C[N+](C)(C)CC1CC(C)(CC)CCC. The van der Waals surface area contributed by atoms with Gasteiger partial charge in [-0.25, -0.2) is 0 Å². The van der Waals surface area contributed by atoms with Gasteiger partial charge < -0.3 is 4.48 Å². The van der Waals surface area contributed by atoms with Crippen LogP contribution in [0.4, 0.5) is 0 Å². The second-order valence-electron chi connectivity index (χ2n) is 10.4. The quantitative estimate of drug-likeness (QED) is 0.401. The van der Waals surface area contributed by atoms with Crippen LogP contribution >= 0.6 is 0 Å². The molecular formula is C22H46N+. The average Bonchev–Trinajstić information content (AvgIpc) is 2.70. The minimum Gasteiger partial charge on any atom is -0.328 e. The third kappa shape index (κ3) is 6.77. The smallest absolute Gasteiger partial charge is 0.0816 e. The third-order valence-corrected chi connectivity index (χ3v) is 6.61. The Bertz CT molecular complexity index is 344. The van der Waals surface area contributed by atoms with Crippen LogP contribution in [0.15, 0.2) is 0 Å². The van der Waals surface area contributed by atoms with Crippen molar-refractivity contribution in [3.63, 3.8) is 0 Å². The van der Waals surface area contributed by atoms with Gasteiger partial charge in [0, 0.05) is 11.8 Å². The van der Waals surface area contributed by atoms with Gasteiger partial charge in [0.25, 0.3) is 0 Å².